The van der Waals surface area contributed by atoms with Crippen molar-refractivity contribution in [2.75, 3.05) is 19.6 Å². The molecule has 0 bridgehead atoms. The van der Waals surface area contributed by atoms with Gasteiger partial charge < -0.3 is 4.90 Å². The van der Waals surface area contributed by atoms with E-state index in [1.807, 2.05) is 35.2 Å². The van der Waals surface area contributed by atoms with Gasteiger partial charge in [-0.3, -0.25) is 14.5 Å². The van der Waals surface area contributed by atoms with E-state index >= 15 is 0 Å². The van der Waals surface area contributed by atoms with Gasteiger partial charge in [0, 0.05) is 30.5 Å². The molecule has 0 saturated carbocycles. The second-order valence-corrected chi connectivity index (χ2v) is 8.67. The summed E-state index contributed by atoms with van der Waals surface area (Å²) in [6.07, 6.45) is 5.51. The molecule has 0 aliphatic carbocycles. The number of thioether (sulfide) groups is 1. The number of amides is 2. The number of carbonyl (C=O) groups excluding carboxylic acids is 2. The number of halogens is 1. The summed E-state index contributed by atoms with van der Waals surface area (Å²) in [5.74, 6) is 0.00568. The number of piperidine rings is 1. The average Bonchev–Trinajstić information content (AvgIpc) is 2.87. The fraction of sp³-hybridized carbons (Fsp3) is 0.389. The third-order valence-electron chi connectivity index (χ3n) is 4.28. The minimum atomic E-state index is -0.110. The van der Waals surface area contributed by atoms with Crippen LogP contribution in [0.3, 0.4) is 0 Å². The van der Waals surface area contributed by atoms with E-state index in [9.17, 15) is 9.59 Å². The third kappa shape index (κ3) is 4.71. The molecule has 1 aromatic rings. The van der Waals surface area contributed by atoms with E-state index in [0.717, 1.165) is 36.0 Å². The zero-order chi connectivity index (χ0) is 17.8. The molecule has 2 aliphatic heterocycles. The van der Waals surface area contributed by atoms with Crippen LogP contribution >= 0.6 is 39.9 Å². The van der Waals surface area contributed by atoms with E-state index in [2.05, 4.69) is 15.9 Å². The topological polar surface area (TPSA) is 40.6 Å². The van der Waals surface area contributed by atoms with Crippen molar-refractivity contribution in [3.05, 3.63) is 39.2 Å². The molecule has 25 heavy (non-hydrogen) atoms. The summed E-state index contributed by atoms with van der Waals surface area (Å²) in [5, 5.41) is 0. The average molecular weight is 439 g/mol. The first-order valence-electron chi connectivity index (χ1n) is 8.33. The van der Waals surface area contributed by atoms with Crippen molar-refractivity contribution in [1.82, 2.24) is 9.80 Å². The van der Waals surface area contributed by atoms with Gasteiger partial charge in [0.2, 0.25) is 5.91 Å². The molecule has 0 atom stereocenters. The van der Waals surface area contributed by atoms with Gasteiger partial charge in [-0.15, -0.1) is 0 Å². The first-order valence-corrected chi connectivity index (χ1v) is 10.3. The smallest absolute Gasteiger partial charge is 0.266 e. The summed E-state index contributed by atoms with van der Waals surface area (Å²) in [7, 11) is 0. The molecule has 4 nitrogen and oxygen atoms in total. The Balaban J connectivity index is 1.62. The zero-order valence-corrected chi connectivity index (χ0v) is 17.0. The van der Waals surface area contributed by atoms with Crippen LogP contribution in [-0.4, -0.2) is 45.6 Å². The van der Waals surface area contributed by atoms with Gasteiger partial charge in [0.1, 0.15) is 4.32 Å². The van der Waals surface area contributed by atoms with Crippen LogP contribution in [0, 0.1) is 0 Å². The molecule has 0 spiro atoms. The van der Waals surface area contributed by atoms with Gasteiger partial charge in [0.25, 0.3) is 5.91 Å². The largest absolute Gasteiger partial charge is 0.343 e. The van der Waals surface area contributed by atoms with Crippen LogP contribution in [-0.2, 0) is 9.59 Å². The molecular weight excluding hydrogens is 420 g/mol. The Morgan fingerprint density at radius 3 is 2.76 bits per heavy atom. The fourth-order valence-electron chi connectivity index (χ4n) is 2.95. The highest BCUT2D eigenvalue weighted by Crippen LogP contribution is 2.33. The maximum absolute atomic E-state index is 12.6. The molecular formula is C18H19BrN2O2S2. The van der Waals surface area contributed by atoms with Gasteiger partial charge in [0.05, 0.1) is 4.91 Å². The number of likely N-dealkylation sites (tertiary alicyclic amines) is 1. The lowest BCUT2D eigenvalue weighted by Gasteiger charge is -2.27. The molecule has 132 valence electrons. The number of carbonyl (C=O) groups is 2. The quantitative estimate of drug-likeness (QED) is 0.524. The summed E-state index contributed by atoms with van der Waals surface area (Å²) in [6, 6.07) is 7.76. The highest BCUT2D eigenvalue weighted by atomic mass is 79.9. The first-order chi connectivity index (χ1) is 12.0. The van der Waals surface area contributed by atoms with E-state index in [1.54, 1.807) is 4.90 Å². The van der Waals surface area contributed by atoms with Gasteiger partial charge in [-0.2, -0.15) is 0 Å². The van der Waals surface area contributed by atoms with Crippen LogP contribution < -0.4 is 0 Å². The standard InChI is InChI=1S/C18H19BrN2O2S2/c19-14-6-4-5-13(11-14)12-15-17(23)21(18(24)25-15)10-7-16(22)20-8-2-1-3-9-20/h4-6,11-12H,1-3,7-10H2. The van der Waals surface area contributed by atoms with Crippen molar-refractivity contribution in [2.24, 2.45) is 0 Å². The van der Waals surface area contributed by atoms with Gasteiger partial charge in [-0.05, 0) is 43.0 Å². The molecule has 7 heteroatoms. The molecule has 0 radical (unpaired) electrons. The van der Waals surface area contributed by atoms with Crippen molar-refractivity contribution in [2.45, 2.75) is 25.7 Å². The predicted octanol–water partition coefficient (Wildman–Crippen LogP) is 4.05. The Hall–Kier alpha value is -1.18. The molecule has 2 fully saturated rings. The summed E-state index contributed by atoms with van der Waals surface area (Å²) < 4.78 is 1.49. The minimum Gasteiger partial charge on any atom is -0.343 e. The van der Waals surface area contributed by atoms with E-state index < -0.39 is 0 Å². The highest BCUT2D eigenvalue weighted by Gasteiger charge is 2.32. The van der Waals surface area contributed by atoms with Crippen molar-refractivity contribution in [3.8, 4) is 0 Å². The van der Waals surface area contributed by atoms with Crippen LogP contribution in [0.15, 0.2) is 33.6 Å². The third-order valence-corrected chi connectivity index (χ3v) is 6.15. The van der Waals surface area contributed by atoms with E-state index in [0.29, 0.717) is 22.2 Å². The highest BCUT2D eigenvalue weighted by molar-refractivity contribution is 9.10. The summed E-state index contributed by atoms with van der Waals surface area (Å²) in [6.45, 7) is 2.02. The van der Waals surface area contributed by atoms with E-state index in [-0.39, 0.29) is 11.8 Å². The van der Waals surface area contributed by atoms with E-state index in [4.69, 9.17) is 12.2 Å². The van der Waals surface area contributed by atoms with Gasteiger partial charge in [0.15, 0.2) is 0 Å². The zero-order valence-electron chi connectivity index (χ0n) is 13.7. The molecule has 0 aromatic heterocycles. The maximum atomic E-state index is 12.6. The molecule has 2 saturated heterocycles. The molecule has 2 heterocycles. The Labute approximate surface area is 165 Å². The number of hydrogen-bond acceptors (Lipinski definition) is 4. The Bertz CT molecular complexity index is 730. The van der Waals surface area contributed by atoms with Gasteiger partial charge >= 0.3 is 0 Å². The lowest BCUT2D eigenvalue weighted by molar-refractivity contribution is -0.132. The SMILES string of the molecule is O=C(CCN1C(=O)C(=Cc2cccc(Br)c2)SC1=S)N1CCCCC1. The summed E-state index contributed by atoms with van der Waals surface area (Å²) >= 11 is 10.1. The van der Waals surface area contributed by atoms with Gasteiger partial charge in [-0.25, -0.2) is 0 Å². The number of hydrogen-bond donors (Lipinski definition) is 0. The predicted molar refractivity (Wildman–Crippen MR) is 109 cm³/mol. The summed E-state index contributed by atoms with van der Waals surface area (Å²) in [5.41, 5.74) is 0.944. The van der Waals surface area contributed by atoms with E-state index in [1.165, 1.54) is 18.2 Å². The Kier molecular flexibility index (Phi) is 6.30. The van der Waals surface area contributed by atoms with Crippen LogP contribution in [0.4, 0.5) is 0 Å². The minimum absolute atomic E-state index is 0.110. The normalized spacial score (nSPS) is 19.8. The molecule has 2 aliphatic rings. The van der Waals surface area contributed by atoms with Crippen LogP contribution in [0.5, 0.6) is 0 Å². The molecule has 2 amide bonds. The Morgan fingerprint density at radius 2 is 2.04 bits per heavy atom. The number of benzene rings is 1. The summed E-state index contributed by atoms with van der Waals surface area (Å²) in [4.78, 5) is 29.0. The molecule has 0 unspecified atom stereocenters. The van der Waals surface area contributed by atoms with Crippen molar-refractivity contribution in [3.63, 3.8) is 0 Å². The van der Waals surface area contributed by atoms with Crippen LogP contribution in [0.2, 0.25) is 0 Å². The lowest BCUT2D eigenvalue weighted by atomic mass is 10.1. The maximum Gasteiger partial charge on any atom is 0.266 e. The lowest BCUT2D eigenvalue weighted by Crippen LogP contribution is -2.38. The molecule has 1 aromatic carbocycles. The first kappa shape index (κ1) is 18.6. The van der Waals surface area contributed by atoms with Gasteiger partial charge in [-0.1, -0.05) is 52.0 Å². The number of nitrogens with zero attached hydrogens (tertiary/aromatic N) is 2. The number of rotatable bonds is 4. The van der Waals surface area contributed by atoms with Crippen molar-refractivity contribution < 1.29 is 9.59 Å². The van der Waals surface area contributed by atoms with Crippen LogP contribution in [0.1, 0.15) is 31.2 Å². The Morgan fingerprint density at radius 1 is 1.28 bits per heavy atom. The fourth-order valence-corrected chi connectivity index (χ4v) is 4.67. The van der Waals surface area contributed by atoms with Crippen molar-refractivity contribution >= 4 is 62.1 Å². The molecule has 0 N–H and O–H groups in total. The second-order valence-electron chi connectivity index (χ2n) is 6.08. The second kappa shape index (κ2) is 8.47. The number of thiocarbonyl (C=S) groups is 1. The van der Waals surface area contributed by atoms with Crippen molar-refractivity contribution in [1.29, 1.82) is 0 Å². The monoisotopic (exact) mass is 438 g/mol. The molecule has 3 rings (SSSR count). The van der Waals surface area contributed by atoms with Crippen LogP contribution in [0.25, 0.3) is 6.08 Å².